The third-order valence-electron chi connectivity index (χ3n) is 2.71. The van der Waals surface area contributed by atoms with Gasteiger partial charge in [-0.3, -0.25) is 4.21 Å². The minimum absolute atomic E-state index is 0.0101. The third-order valence-corrected chi connectivity index (χ3v) is 4.90. The molecule has 1 fully saturated rings. The summed E-state index contributed by atoms with van der Waals surface area (Å²) in [6.45, 7) is 0. The van der Waals surface area contributed by atoms with Gasteiger partial charge in [0.1, 0.15) is 0 Å². The van der Waals surface area contributed by atoms with Gasteiger partial charge in [-0.1, -0.05) is 23.2 Å². The third kappa shape index (κ3) is 2.98. The standard InChI is InChI=1S/C11H13Cl2NOS/c12-8-3-4-9(13)11(5-8)16(15)6-10(14)7-1-2-7/h3-5,7,10H,1-2,6,14H2. The fraction of sp³-hybridized carbons (Fsp3) is 0.455. The topological polar surface area (TPSA) is 43.1 Å². The predicted octanol–water partition coefficient (Wildman–Crippen LogP) is 2.84. The average Bonchev–Trinajstić information content (AvgIpc) is 3.04. The molecule has 2 rings (SSSR count). The van der Waals surface area contributed by atoms with Gasteiger partial charge in [-0.2, -0.15) is 0 Å². The molecule has 1 aliphatic carbocycles. The van der Waals surface area contributed by atoms with Crippen molar-refractivity contribution in [3.63, 3.8) is 0 Å². The lowest BCUT2D eigenvalue weighted by atomic mass is 10.2. The first-order chi connectivity index (χ1) is 7.58. The second kappa shape index (κ2) is 5.05. The molecule has 2 N–H and O–H groups in total. The van der Waals surface area contributed by atoms with Gasteiger partial charge in [0.05, 0.1) is 20.7 Å². The molecular weight excluding hydrogens is 265 g/mol. The molecule has 88 valence electrons. The fourth-order valence-electron chi connectivity index (χ4n) is 1.58. The van der Waals surface area contributed by atoms with E-state index in [4.69, 9.17) is 28.9 Å². The van der Waals surface area contributed by atoms with Crippen molar-refractivity contribution in [3.8, 4) is 0 Å². The fourth-order valence-corrected chi connectivity index (χ4v) is 3.53. The largest absolute Gasteiger partial charge is 0.327 e. The summed E-state index contributed by atoms with van der Waals surface area (Å²) in [4.78, 5) is 0.588. The van der Waals surface area contributed by atoms with Crippen LogP contribution in [0.5, 0.6) is 0 Å². The van der Waals surface area contributed by atoms with E-state index in [1.54, 1.807) is 18.2 Å². The highest BCUT2D eigenvalue weighted by Crippen LogP contribution is 2.33. The number of halogens is 2. The van der Waals surface area contributed by atoms with E-state index in [9.17, 15) is 4.21 Å². The van der Waals surface area contributed by atoms with Crippen LogP contribution in [0.15, 0.2) is 23.1 Å². The molecular formula is C11H13Cl2NOS. The molecule has 5 heteroatoms. The summed E-state index contributed by atoms with van der Waals surface area (Å²) in [5, 5.41) is 1.04. The van der Waals surface area contributed by atoms with Crippen LogP contribution in [0.2, 0.25) is 10.0 Å². The Balaban J connectivity index is 2.10. The summed E-state index contributed by atoms with van der Waals surface area (Å²) in [5.74, 6) is 1.01. The van der Waals surface area contributed by atoms with Crippen LogP contribution in [-0.2, 0) is 10.8 Å². The Kier molecular flexibility index (Phi) is 3.90. The maximum atomic E-state index is 12.0. The lowest BCUT2D eigenvalue weighted by molar-refractivity contribution is 0.634. The Morgan fingerprint density at radius 1 is 1.44 bits per heavy atom. The van der Waals surface area contributed by atoms with Gasteiger partial charge in [-0.25, -0.2) is 0 Å². The van der Waals surface area contributed by atoms with E-state index < -0.39 is 10.8 Å². The maximum Gasteiger partial charge on any atom is 0.0589 e. The van der Waals surface area contributed by atoms with E-state index in [-0.39, 0.29) is 6.04 Å². The molecule has 0 saturated heterocycles. The average molecular weight is 278 g/mol. The number of rotatable bonds is 4. The second-order valence-corrected chi connectivity index (χ2v) is 6.40. The van der Waals surface area contributed by atoms with Crippen molar-refractivity contribution in [1.82, 2.24) is 0 Å². The maximum absolute atomic E-state index is 12.0. The summed E-state index contributed by atoms with van der Waals surface area (Å²) in [6, 6.07) is 5.01. The van der Waals surface area contributed by atoms with Gasteiger partial charge in [0.2, 0.25) is 0 Å². The lowest BCUT2D eigenvalue weighted by Crippen LogP contribution is -2.29. The van der Waals surface area contributed by atoms with Crippen molar-refractivity contribution < 1.29 is 4.21 Å². The molecule has 0 spiro atoms. The van der Waals surface area contributed by atoms with E-state index in [2.05, 4.69) is 0 Å². The van der Waals surface area contributed by atoms with Gasteiger partial charge in [-0.15, -0.1) is 0 Å². The summed E-state index contributed by atoms with van der Waals surface area (Å²) in [5.41, 5.74) is 5.94. The van der Waals surface area contributed by atoms with E-state index >= 15 is 0 Å². The zero-order valence-electron chi connectivity index (χ0n) is 8.66. The molecule has 1 aromatic rings. The van der Waals surface area contributed by atoms with Crippen LogP contribution in [0.25, 0.3) is 0 Å². The number of nitrogens with two attached hydrogens (primary N) is 1. The van der Waals surface area contributed by atoms with Crippen LogP contribution < -0.4 is 5.73 Å². The Bertz CT molecular complexity index is 420. The quantitative estimate of drug-likeness (QED) is 0.920. The molecule has 0 aromatic heterocycles. The Morgan fingerprint density at radius 2 is 2.12 bits per heavy atom. The first-order valence-electron chi connectivity index (χ1n) is 5.17. The molecule has 2 nitrogen and oxygen atoms in total. The predicted molar refractivity (Wildman–Crippen MR) is 68.4 cm³/mol. The highest BCUT2D eigenvalue weighted by atomic mass is 35.5. The lowest BCUT2D eigenvalue weighted by Gasteiger charge is -2.10. The molecule has 2 atom stereocenters. The normalized spacial score (nSPS) is 19.4. The zero-order valence-corrected chi connectivity index (χ0v) is 11.0. The van der Waals surface area contributed by atoms with Gasteiger partial charge >= 0.3 is 0 Å². The molecule has 0 aliphatic heterocycles. The second-order valence-electron chi connectivity index (χ2n) is 4.09. The van der Waals surface area contributed by atoms with Gasteiger partial charge < -0.3 is 5.73 Å². The summed E-state index contributed by atoms with van der Waals surface area (Å²) in [6.07, 6.45) is 2.31. The first kappa shape index (κ1) is 12.4. The Labute approximate surface area is 108 Å². The number of benzene rings is 1. The monoisotopic (exact) mass is 277 g/mol. The van der Waals surface area contributed by atoms with Crippen molar-refractivity contribution in [2.75, 3.05) is 5.75 Å². The summed E-state index contributed by atoms with van der Waals surface area (Å²) < 4.78 is 12.0. The number of hydrogen-bond acceptors (Lipinski definition) is 2. The van der Waals surface area contributed by atoms with Crippen LogP contribution >= 0.6 is 23.2 Å². The SMILES string of the molecule is NC(CS(=O)c1cc(Cl)ccc1Cl)C1CC1. The van der Waals surface area contributed by atoms with Crippen molar-refractivity contribution in [2.45, 2.75) is 23.8 Å². The van der Waals surface area contributed by atoms with Crippen molar-refractivity contribution >= 4 is 34.0 Å². The molecule has 0 amide bonds. The zero-order chi connectivity index (χ0) is 11.7. The van der Waals surface area contributed by atoms with Gasteiger partial charge in [0.25, 0.3) is 0 Å². The van der Waals surface area contributed by atoms with Crippen LogP contribution in [0.1, 0.15) is 12.8 Å². The Hall–Kier alpha value is -0.0900. The van der Waals surface area contributed by atoms with Crippen LogP contribution in [0, 0.1) is 5.92 Å². The molecule has 0 bridgehead atoms. The molecule has 1 saturated carbocycles. The summed E-state index contributed by atoms with van der Waals surface area (Å²) >= 11 is 11.8. The van der Waals surface area contributed by atoms with Crippen molar-refractivity contribution in [1.29, 1.82) is 0 Å². The van der Waals surface area contributed by atoms with E-state index in [1.165, 1.54) is 0 Å². The van der Waals surface area contributed by atoms with Gasteiger partial charge in [0, 0.05) is 16.8 Å². The van der Waals surface area contributed by atoms with E-state index in [0.29, 0.717) is 26.6 Å². The molecule has 16 heavy (non-hydrogen) atoms. The number of hydrogen-bond donors (Lipinski definition) is 1. The highest BCUT2D eigenvalue weighted by molar-refractivity contribution is 7.85. The Morgan fingerprint density at radius 3 is 2.75 bits per heavy atom. The first-order valence-corrected chi connectivity index (χ1v) is 7.24. The molecule has 2 unspecified atom stereocenters. The van der Waals surface area contributed by atoms with Crippen LogP contribution in [0.3, 0.4) is 0 Å². The van der Waals surface area contributed by atoms with Crippen LogP contribution in [-0.4, -0.2) is 16.0 Å². The molecule has 0 heterocycles. The minimum Gasteiger partial charge on any atom is -0.327 e. The molecule has 0 radical (unpaired) electrons. The highest BCUT2D eigenvalue weighted by Gasteiger charge is 2.30. The summed E-state index contributed by atoms with van der Waals surface area (Å²) in [7, 11) is -1.16. The molecule has 1 aromatic carbocycles. The van der Waals surface area contributed by atoms with E-state index in [1.807, 2.05) is 0 Å². The minimum atomic E-state index is -1.16. The van der Waals surface area contributed by atoms with E-state index in [0.717, 1.165) is 12.8 Å². The van der Waals surface area contributed by atoms with Gasteiger partial charge in [0.15, 0.2) is 0 Å². The molecule has 1 aliphatic rings. The smallest absolute Gasteiger partial charge is 0.0589 e. The van der Waals surface area contributed by atoms with Crippen molar-refractivity contribution in [2.24, 2.45) is 11.7 Å². The van der Waals surface area contributed by atoms with Gasteiger partial charge in [-0.05, 0) is 37.0 Å². The van der Waals surface area contributed by atoms with Crippen molar-refractivity contribution in [3.05, 3.63) is 28.2 Å². The van der Waals surface area contributed by atoms with Crippen LogP contribution in [0.4, 0.5) is 0 Å².